The van der Waals surface area contributed by atoms with Crippen molar-refractivity contribution in [3.8, 4) is 0 Å². The first-order valence-electron chi connectivity index (χ1n) is 5.32. The molecule has 3 nitrogen and oxygen atoms in total. The lowest BCUT2D eigenvalue weighted by molar-refractivity contribution is -0.118. The number of hydrogen-bond donors (Lipinski definition) is 2. The number of hydrogen-bond acceptors (Lipinski definition) is 3. The van der Waals surface area contributed by atoms with Gasteiger partial charge in [-0.25, -0.2) is 0 Å². The molecule has 0 aliphatic heterocycles. The molecule has 1 unspecified atom stereocenters. The Kier molecular flexibility index (Phi) is 3.90. The highest BCUT2D eigenvalue weighted by Crippen LogP contribution is 2.22. The van der Waals surface area contributed by atoms with E-state index < -0.39 is 6.10 Å². The first kappa shape index (κ1) is 11.8. The Labute approximate surface area is 104 Å². The minimum absolute atomic E-state index is 0.0788. The summed E-state index contributed by atoms with van der Waals surface area (Å²) in [4.78, 5) is 12.5. The molecule has 0 saturated carbocycles. The van der Waals surface area contributed by atoms with Gasteiger partial charge >= 0.3 is 0 Å². The third kappa shape index (κ3) is 3.41. The van der Waals surface area contributed by atoms with Crippen LogP contribution in [-0.4, -0.2) is 11.0 Å². The van der Waals surface area contributed by atoms with Gasteiger partial charge < -0.3 is 10.4 Å². The summed E-state index contributed by atoms with van der Waals surface area (Å²) in [7, 11) is 0. The molecular formula is C13H13NO2S. The average molecular weight is 247 g/mol. The average Bonchev–Trinajstić information content (AvgIpc) is 2.83. The Morgan fingerprint density at radius 3 is 2.65 bits per heavy atom. The number of aliphatic hydroxyl groups excluding tert-OH is 1. The molecule has 2 N–H and O–H groups in total. The van der Waals surface area contributed by atoms with Crippen molar-refractivity contribution < 1.29 is 9.90 Å². The van der Waals surface area contributed by atoms with Crippen molar-refractivity contribution in [1.82, 2.24) is 0 Å². The van der Waals surface area contributed by atoms with E-state index in [-0.39, 0.29) is 12.3 Å². The number of rotatable bonds is 4. The number of thiophene rings is 1. The van der Waals surface area contributed by atoms with E-state index in [9.17, 15) is 9.90 Å². The van der Waals surface area contributed by atoms with Gasteiger partial charge in [-0.2, -0.15) is 0 Å². The molecule has 1 atom stereocenters. The molecule has 0 aliphatic carbocycles. The molecular weight excluding hydrogens is 234 g/mol. The molecule has 1 amide bonds. The molecule has 0 spiro atoms. The van der Waals surface area contributed by atoms with Gasteiger partial charge in [-0.3, -0.25) is 4.79 Å². The number of benzene rings is 1. The van der Waals surface area contributed by atoms with E-state index in [0.717, 1.165) is 10.6 Å². The van der Waals surface area contributed by atoms with Gasteiger partial charge in [0.2, 0.25) is 5.91 Å². The van der Waals surface area contributed by atoms with Gasteiger partial charge in [0, 0.05) is 10.6 Å². The summed E-state index contributed by atoms with van der Waals surface area (Å²) in [6.45, 7) is 0. The van der Waals surface area contributed by atoms with Crippen molar-refractivity contribution in [2.75, 3.05) is 5.32 Å². The molecule has 0 radical (unpaired) electrons. The predicted octanol–water partition coefficient (Wildman–Crippen LogP) is 2.81. The Bertz CT molecular complexity index is 467. The fraction of sp³-hybridized carbons (Fsp3) is 0.154. The lowest BCUT2D eigenvalue weighted by Gasteiger charge is -2.09. The second-order valence-electron chi connectivity index (χ2n) is 3.65. The van der Waals surface area contributed by atoms with Crippen molar-refractivity contribution in [2.24, 2.45) is 0 Å². The van der Waals surface area contributed by atoms with Crippen LogP contribution in [0.5, 0.6) is 0 Å². The highest BCUT2D eigenvalue weighted by molar-refractivity contribution is 7.10. The van der Waals surface area contributed by atoms with Crippen LogP contribution >= 0.6 is 11.3 Å². The number of amides is 1. The number of anilines is 1. The number of carbonyl (C=O) groups is 1. The summed E-state index contributed by atoms with van der Waals surface area (Å²) < 4.78 is 0. The molecule has 1 aromatic carbocycles. The molecule has 0 saturated heterocycles. The van der Waals surface area contributed by atoms with Crippen molar-refractivity contribution in [2.45, 2.75) is 12.5 Å². The van der Waals surface area contributed by atoms with Crippen molar-refractivity contribution >= 4 is 22.9 Å². The van der Waals surface area contributed by atoms with E-state index in [1.807, 2.05) is 47.8 Å². The van der Waals surface area contributed by atoms with E-state index in [1.165, 1.54) is 11.3 Å². The highest BCUT2D eigenvalue weighted by atomic mass is 32.1. The third-order valence-corrected chi connectivity index (χ3v) is 3.28. The van der Waals surface area contributed by atoms with E-state index >= 15 is 0 Å². The fourth-order valence-electron chi connectivity index (χ4n) is 1.49. The number of para-hydroxylation sites is 1. The molecule has 1 aromatic heterocycles. The van der Waals surface area contributed by atoms with Gasteiger partial charge in [0.1, 0.15) is 0 Å². The SMILES string of the molecule is O=C(CC(O)c1cccs1)Nc1ccccc1. The van der Waals surface area contributed by atoms with Crippen molar-refractivity contribution in [3.05, 3.63) is 52.7 Å². The van der Waals surface area contributed by atoms with Gasteiger partial charge in [-0.1, -0.05) is 24.3 Å². The maximum absolute atomic E-state index is 11.7. The standard InChI is InChI=1S/C13H13NO2S/c15-11(12-7-4-8-17-12)9-13(16)14-10-5-2-1-3-6-10/h1-8,11,15H,9H2,(H,14,16). The van der Waals surface area contributed by atoms with E-state index in [2.05, 4.69) is 5.32 Å². The van der Waals surface area contributed by atoms with Gasteiger partial charge in [0.05, 0.1) is 12.5 Å². The monoisotopic (exact) mass is 247 g/mol. The summed E-state index contributed by atoms with van der Waals surface area (Å²) in [5.74, 6) is -0.183. The Morgan fingerprint density at radius 1 is 1.24 bits per heavy atom. The van der Waals surface area contributed by atoms with E-state index in [0.29, 0.717) is 0 Å². The van der Waals surface area contributed by atoms with Crippen LogP contribution in [0.15, 0.2) is 47.8 Å². The summed E-state index contributed by atoms with van der Waals surface area (Å²) >= 11 is 1.45. The molecule has 2 aromatic rings. The summed E-state index contributed by atoms with van der Waals surface area (Å²) in [6, 6.07) is 12.9. The maximum Gasteiger partial charge on any atom is 0.227 e. The lowest BCUT2D eigenvalue weighted by atomic mass is 10.2. The zero-order valence-electron chi connectivity index (χ0n) is 9.17. The van der Waals surface area contributed by atoms with Gasteiger partial charge in [-0.15, -0.1) is 11.3 Å². The fourth-order valence-corrected chi connectivity index (χ4v) is 2.20. The number of nitrogens with one attached hydrogen (secondary N) is 1. The van der Waals surface area contributed by atoms with Gasteiger partial charge in [0.25, 0.3) is 0 Å². The smallest absolute Gasteiger partial charge is 0.227 e. The molecule has 0 aliphatic rings. The zero-order chi connectivity index (χ0) is 12.1. The number of aliphatic hydroxyl groups is 1. The molecule has 1 heterocycles. The highest BCUT2D eigenvalue weighted by Gasteiger charge is 2.13. The summed E-state index contributed by atoms with van der Waals surface area (Å²) in [5.41, 5.74) is 0.746. The van der Waals surface area contributed by atoms with E-state index in [4.69, 9.17) is 0 Å². The Balaban J connectivity index is 1.90. The predicted molar refractivity (Wildman–Crippen MR) is 69.0 cm³/mol. The van der Waals surface area contributed by atoms with Crippen molar-refractivity contribution in [3.63, 3.8) is 0 Å². The summed E-state index contributed by atoms with van der Waals surface area (Å²) in [6.07, 6.45) is -0.645. The number of carbonyl (C=O) groups excluding carboxylic acids is 1. The van der Waals surface area contributed by atoms with Crippen molar-refractivity contribution in [1.29, 1.82) is 0 Å². The topological polar surface area (TPSA) is 49.3 Å². The second-order valence-corrected chi connectivity index (χ2v) is 4.63. The minimum atomic E-state index is -0.723. The van der Waals surface area contributed by atoms with Crippen LogP contribution in [0.25, 0.3) is 0 Å². The summed E-state index contributed by atoms with van der Waals surface area (Å²) in [5, 5.41) is 14.4. The molecule has 4 heteroatoms. The first-order valence-corrected chi connectivity index (χ1v) is 6.20. The molecule has 0 fully saturated rings. The first-order chi connectivity index (χ1) is 8.25. The van der Waals surface area contributed by atoms with Crippen LogP contribution in [0.3, 0.4) is 0 Å². The van der Waals surface area contributed by atoms with Crippen LogP contribution in [0.4, 0.5) is 5.69 Å². The molecule has 88 valence electrons. The molecule has 2 rings (SSSR count). The van der Waals surface area contributed by atoms with Gasteiger partial charge in [0.15, 0.2) is 0 Å². The van der Waals surface area contributed by atoms with Crippen LogP contribution in [-0.2, 0) is 4.79 Å². The van der Waals surface area contributed by atoms with E-state index in [1.54, 1.807) is 0 Å². The van der Waals surface area contributed by atoms with Gasteiger partial charge in [-0.05, 0) is 23.6 Å². The normalized spacial score (nSPS) is 12.1. The largest absolute Gasteiger partial charge is 0.387 e. The minimum Gasteiger partial charge on any atom is -0.387 e. The Hall–Kier alpha value is -1.65. The second kappa shape index (κ2) is 5.61. The Morgan fingerprint density at radius 2 is 2.00 bits per heavy atom. The van der Waals surface area contributed by atoms with Crippen LogP contribution in [0, 0.1) is 0 Å². The quantitative estimate of drug-likeness (QED) is 0.872. The molecule has 17 heavy (non-hydrogen) atoms. The zero-order valence-corrected chi connectivity index (χ0v) is 9.98. The lowest BCUT2D eigenvalue weighted by Crippen LogP contribution is -2.14. The maximum atomic E-state index is 11.7. The molecule has 0 bridgehead atoms. The van der Waals surface area contributed by atoms with Crippen LogP contribution < -0.4 is 5.32 Å². The van der Waals surface area contributed by atoms with Crippen LogP contribution in [0.2, 0.25) is 0 Å². The van der Waals surface area contributed by atoms with Crippen LogP contribution in [0.1, 0.15) is 17.4 Å². The third-order valence-electron chi connectivity index (χ3n) is 2.31.